The first-order valence-corrected chi connectivity index (χ1v) is 10.5. The smallest absolute Gasteiger partial charge is 0.322 e. The molecule has 0 rings (SSSR count). The van der Waals surface area contributed by atoms with Crippen molar-refractivity contribution in [2.24, 2.45) is 0 Å². The van der Waals surface area contributed by atoms with Gasteiger partial charge in [-0.25, -0.2) is 0 Å². The molecule has 166 valence electrons. The van der Waals surface area contributed by atoms with E-state index in [1.807, 2.05) is 13.8 Å². The van der Waals surface area contributed by atoms with E-state index in [1.54, 1.807) is 6.92 Å². The van der Waals surface area contributed by atoms with Gasteiger partial charge in [0.25, 0.3) is 0 Å². The predicted molar refractivity (Wildman–Crippen MR) is 108 cm³/mol. The van der Waals surface area contributed by atoms with Gasteiger partial charge in [-0.15, -0.1) is 11.8 Å². The Morgan fingerprint density at radius 3 is 2.31 bits per heavy atom. The number of nitrogens with one attached hydrogen (secondary N) is 3. The highest BCUT2D eigenvalue weighted by atomic mass is 32.2. The number of aliphatic carboxylic acids is 1. The molecule has 0 fully saturated rings. The van der Waals surface area contributed by atoms with E-state index in [1.165, 1.54) is 11.8 Å². The lowest BCUT2D eigenvalue weighted by Crippen LogP contribution is -2.49. The number of amides is 3. The molecule has 0 aliphatic rings. The van der Waals surface area contributed by atoms with E-state index < -0.39 is 36.9 Å². The van der Waals surface area contributed by atoms with Crippen molar-refractivity contribution in [3.05, 3.63) is 0 Å². The summed E-state index contributed by atoms with van der Waals surface area (Å²) >= 11 is 1.28. The number of Topliss-reactive ketones (excluding diaryl/α,β-unsaturated/α-hetero) is 1. The average Bonchev–Trinajstić information content (AvgIpc) is 2.68. The van der Waals surface area contributed by atoms with E-state index in [4.69, 9.17) is 9.84 Å². The number of ketones is 1. The van der Waals surface area contributed by atoms with Gasteiger partial charge in [0.2, 0.25) is 17.7 Å². The molecular weight excluding hydrogens is 402 g/mol. The van der Waals surface area contributed by atoms with Crippen LogP contribution in [0, 0.1) is 0 Å². The molecule has 0 aromatic heterocycles. The van der Waals surface area contributed by atoms with E-state index in [0.717, 1.165) is 0 Å². The molecule has 0 heterocycles. The second kappa shape index (κ2) is 15.7. The van der Waals surface area contributed by atoms with Crippen molar-refractivity contribution in [1.82, 2.24) is 16.0 Å². The zero-order valence-corrected chi connectivity index (χ0v) is 17.9. The van der Waals surface area contributed by atoms with Gasteiger partial charge in [0, 0.05) is 19.4 Å². The van der Waals surface area contributed by atoms with Crippen LogP contribution < -0.4 is 16.0 Å². The maximum atomic E-state index is 12.4. The molecule has 0 spiro atoms. The first kappa shape index (κ1) is 26.9. The van der Waals surface area contributed by atoms with Crippen molar-refractivity contribution in [1.29, 1.82) is 0 Å². The molecule has 0 saturated heterocycles. The second-order valence-corrected chi connectivity index (χ2v) is 7.41. The number of hydrogen-bond acceptors (Lipinski definition) is 7. The summed E-state index contributed by atoms with van der Waals surface area (Å²) in [6.45, 7) is 4.97. The largest absolute Gasteiger partial charge is 0.480 e. The fourth-order valence-corrected chi connectivity index (χ4v) is 2.89. The van der Waals surface area contributed by atoms with Crippen molar-refractivity contribution in [2.45, 2.75) is 57.9 Å². The van der Waals surface area contributed by atoms with Crippen LogP contribution in [0.5, 0.6) is 0 Å². The third-order valence-electron chi connectivity index (χ3n) is 3.70. The van der Waals surface area contributed by atoms with Gasteiger partial charge in [-0.1, -0.05) is 6.92 Å². The van der Waals surface area contributed by atoms with Crippen molar-refractivity contribution in [3.63, 3.8) is 0 Å². The number of carboxylic acid groups (broad SMARTS) is 1. The van der Waals surface area contributed by atoms with E-state index >= 15 is 0 Å². The minimum Gasteiger partial charge on any atom is -0.480 e. The van der Waals surface area contributed by atoms with Gasteiger partial charge in [-0.3, -0.25) is 24.0 Å². The van der Waals surface area contributed by atoms with Gasteiger partial charge < -0.3 is 25.8 Å². The van der Waals surface area contributed by atoms with Gasteiger partial charge >= 0.3 is 5.97 Å². The fraction of sp³-hybridized carbons (Fsp3) is 0.722. The number of ether oxygens (including phenoxy) is 1. The molecule has 29 heavy (non-hydrogen) atoms. The predicted octanol–water partition coefficient (Wildman–Crippen LogP) is 0.0533. The Morgan fingerprint density at radius 1 is 1.03 bits per heavy atom. The Balaban J connectivity index is 4.66. The number of carbonyl (C=O) groups excluding carboxylic acids is 4. The molecule has 0 bridgehead atoms. The zero-order valence-electron chi connectivity index (χ0n) is 17.1. The van der Waals surface area contributed by atoms with E-state index in [9.17, 15) is 24.0 Å². The third-order valence-corrected chi connectivity index (χ3v) is 4.74. The van der Waals surface area contributed by atoms with Gasteiger partial charge in [-0.05, 0) is 26.7 Å². The maximum Gasteiger partial charge on any atom is 0.322 e. The van der Waals surface area contributed by atoms with E-state index in [0.29, 0.717) is 25.9 Å². The van der Waals surface area contributed by atoms with Crippen LogP contribution >= 0.6 is 11.8 Å². The Labute approximate surface area is 174 Å². The van der Waals surface area contributed by atoms with Gasteiger partial charge in [0.1, 0.15) is 23.8 Å². The average molecular weight is 434 g/mol. The molecule has 0 saturated carbocycles. The van der Waals surface area contributed by atoms with Gasteiger partial charge in [-0.2, -0.15) is 0 Å². The van der Waals surface area contributed by atoms with Crippen LogP contribution in [-0.4, -0.2) is 71.5 Å². The lowest BCUT2D eigenvalue weighted by Gasteiger charge is -2.19. The van der Waals surface area contributed by atoms with Crippen molar-refractivity contribution >= 4 is 41.2 Å². The minimum atomic E-state index is -1.20. The fourth-order valence-electron chi connectivity index (χ4n) is 2.19. The highest BCUT2D eigenvalue weighted by Gasteiger charge is 2.22. The van der Waals surface area contributed by atoms with Crippen molar-refractivity contribution in [3.8, 4) is 0 Å². The topological polar surface area (TPSA) is 151 Å². The van der Waals surface area contributed by atoms with Crippen molar-refractivity contribution < 1.29 is 33.8 Å². The number of hydrogen-bond donors (Lipinski definition) is 4. The zero-order chi connectivity index (χ0) is 22.2. The highest BCUT2D eigenvalue weighted by molar-refractivity contribution is 8.00. The van der Waals surface area contributed by atoms with Crippen LogP contribution in [0.4, 0.5) is 0 Å². The number of thioether (sulfide) groups is 1. The first-order valence-electron chi connectivity index (χ1n) is 9.50. The second-order valence-electron chi connectivity index (χ2n) is 6.13. The van der Waals surface area contributed by atoms with E-state index in [2.05, 4.69) is 16.0 Å². The van der Waals surface area contributed by atoms with Crippen LogP contribution in [0.25, 0.3) is 0 Å². The SMILES string of the molecule is CCOC(C)SCC(=O)NC(CCCC(=O)CC)C(=O)NCC(=O)NCC(=O)O. The summed E-state index contributed by atoms with van der Waals surface area (Å²) in [6.07, 6.45) is 1.36. The van der Waals surface area contributed by atoms with Crippen LogP contribution in [0.2, 0.25) is 0 Å². The summed E-state index contributed by atoms with van der Waals surface area (Å²) in [5.41, 5.74) is -0.168. The molecule has 0 aromatic rings. The Morgan fingerprint density at radius 2 is 1.72 bits per heavy atom. The summed E-state index contributed by atoms with van der Waals surface area (Å²) < 4.78 is 5.33. The summed E-state index contributed by atoms with van der Waals surface area (Å²) in [6, 6.07) is -0.901. The Hall–Kier alpha value is -2.14. The monoisotopic (exact) mass is 433 g/mol. The molecule has 3 amide bonds. The molecule has 2 unspecified atom stereocenters. The summed E-state index contributed by atoms with van der Waals surface area (Å²) in [5.74, 6) is -2.64. The van der Waals surface area contributed by atoms with Crippen LogP contribution in [0.1, 0.15) is 46.5 Å². The number of carbonyl (C=O) groups is 5. The van der Waals surface area contributed by atoms with Gasteiger partial charge in [0.05, 0.1) is 12.3 Å². The van der Waals surface area contributed by atoms with Gasteiger partial charge in [0.15, 0.2) is 0 Å². The molecule has 4 N–H and O–H groups in total. The standard InChI is InChI=1S/C18H31N3O7S/c1-4-13(22)7-6-8-14(21-16(24)11-29-12(3)28-5-2)18(27)20-9-15(23)19-10-17(25)26/h12,14H,4-11H2,1-3H3,(H,19,23)(H,20,27)(H,21,24)(H,25,26). The Kier molecular flexibility index (Phi) is 14.6. The highest BCUT2D eigenvalue weighted by Crippen LogP contribution is 2.11. The van der Waals surface area contributed by atoms with Crippen LogP contribution in [0.15, 0.2) is 0 Å². The molecular formula is C18H31N3O7S. The third kappa shape index (κ3) is 14.5. The molecule has 0 aromatic carbocycles. The van der Waals surface area contributed by atoms with Crippen LogP contribution in [0.3, 0.4) is 0 Å². The quantitative estimate of drug-likeness (QED) is 0.249. The lowest BCUT2D eigenvalue weighted by molar-refractivity contribution is -0.138. The molecule has 2 atom stereocenters. The summed E-state index contributed by atoms with van der Waals surface area (Å²) in [5, 5.41) is 15.6. The van der Waals surface area contributed by atoms with E-state index in [-0.39, 0.29) is 29.3 Å². The summed E-state index contributed by atoms with van der Waals surface area (Å²) in [7, 11) is 0. The minimum absolute atomic E-state index is 0.0598. The molecule has 0 aliphatic heterocycles. The molecule has 11 heteroatoms. The first-order chi connectivity index (χ1) is 13.7. The van der Waals surface area contributed by atoms with Crippen LogP contribution in [-0.2, 0) is 28.7 Å². The van der Waals surface area contributed by atoms with Crippen molar-refractivity contribution in [2.75, 3.05) is 25.4 Å². The molecule has 10 nitrogen and oxygen atoms in total. The summed E-state index contributed by atoms with van der Waals surface area (Å²) in [4.78, 5) is 58.0. The number of carboxylic acids is 1. The molecule has 0 radical (unpaired) electrons. The number of rotatable bonds is 16. The normalized spacial score (nSPS) is 12.5. The molecule has 0 aliphatic carbocycles. The Bertz CT molecular complexity index is 572. The maximum absolute atomic E-state index is 12.4. The lowest BCUT2D eigenvalue weighted by atomic mass is 10.1.